The van der Waals surface area contributed by atoms with Crippen molar-refractivity contribution in [1.29, 1.82) is 0 Å². The molecule has 0 spiro atoms. The summed E-state index contributed by atoms with van der Waals surface area (Å²) in [5, 5.41) is 13.1. The van der Waals surface area contributed by atoms with Crippen LogP contribution in [0, 0.1) is 0 Å². The largest absolute Gasteiger partial charge is 0.477 e. The lowest BCUT2D eigenvalue weighted by Gasteiger charge is -2.06. The smallest absolute Gasteiger partial charge is 0.348 e. The molecule has 2 aromatic heterocycles. The third-order valence-electron chi connectivity index (χ3n) is 2.16. The molecule has 0 saturated heterocycles. The van der Waals surface area contributed by atoms with E-state index in [1.165, 1.54) is 18.3 Å². The number of aromatic nitrogens is 1. The van der Waals surface area contributed by atoms with Gasteiger partial charge in [0, 0.05) is 10.7 Å². The second-order valence-corrected chi connectivity index (χ2v) is 5.60. The van der Waals surface area contributed by atoms with Crippen molar-refractivity contribution in [3.05, 3.63) is 43.8 Å². The Morgan fingerprint density at radius 3 is 2.89 bits per heavy atom. The molecule has 0 unspecified atom stereocenters. The van der Waals surface area contributed by atoms with Crippen molar-refractivity contribution in [2.75, 3.05) is 5.32 Å². The summed E-state index contributed by atoms with van der Waals surface area (Å²) in [7, 11) is 0. The van der Waals surface area contributed by atoms with Crippen molar-refractivity contribution in [3.63, 3.8) is 0 Å². The van der Waals surface area contributed by atoms with Crippen molar-refractivity contribution >= 4 is 56.4 Å². The molecular weight excluding hydrogens is 356 g/mol. The summed E-state index contributed by atoms with van der Waals surface area (Å²) >= 11 is 10.0. The van der Waals surface area contributed by atoms with E-state index in [1.807, 2.05) is 0 Å². The van der Waals surface area contributed by atoms with Crippen molar-refractivity contribution in [2.45, 2.75) is 0 Å². The van der Waals surface area contributed by atoms with Gasteiger partial charge in [0.15, 0.2) is 0 Å². The average molecular weight is 362 g/mol. The van der Waals surface area contributed by atoms with Crippen LogP contribution in [-0.2, 0) is 0 Å². The van der Waals surface area contributed by atoms with E-state index in [1.54, 1.807) is 5.38 Å². The maximum Gasteiger partial charge on any atom is 0.348 e. The van der Waals surface area contributed by atoms with E-state index in [0.29, 0.717) is 4.47 Å². The van der Waals surface area contributed by atoms with Gasteiger partial charge in [-0.05, 0) is 33.4 Å². The minimum absolute atomic E-state index is 0.0489. The number of pyridine rings is 1. The Hall–Kier alpha value is -1.44. The first-order valence-corrected chi connectivity index (χ1v) is 6.97. The Bertz CT molecular complexity index is 659. The van der Waals surface area contributed by atoms with Gasteiger partial charge in [-0.15, -0.1) is 11.3 Å². The van der Waals surface area contributed by atoms with Crippen molar-refractivity contribution in [1.82, 2.24) is 4.98 Å². The van der Waals surface area contributed by atoms with Crippen LogP contribution in [0.3, 0.4) is 0 Å². The molecule has 8 heteroatoms. The van der Waals surface area contributed by atoms with Gasteiger partial charge in [-0.2, -0.15) is 0 Å². The number of carbonyl (C=O) groups is 2. The summed E-state index contributed by atoms with van der Waals surface area (Å²) in [5.41, 5.74) is 0.400. The minimum atomic E-state index is -1.09. The molecule has 0 saturated carbocycles. The number of thiophene rings is 1. The van der Waals surface area contributed by atoms with E-state index < -0.39 is 11.9 Å². The van der Waals surface area contributed by atoms with E-state index in [9.17, 15) is 9.59 Å². The number of nitrogens with one attached hydrogen (secondary N) is 1. The number of rotatable bonds is 3. The maximum absolute atomic E-state index is 12.0. The molecule has 2 heterocycles. The minimum Gasteiger partial charge on any atom is -0.477 e. The van der Waals surface area contributed by atoms with Crippen LogP contribution >= 0.6 is 38.9 Å². The second kappa shape index (κ2) is 5.68. The van der Waals surface area contributed by atoms with Gasteiger partial charge in [0.1, 0.15) is 10.0 Å². The first-order chi connectivity index (χ1) is 8.99. The highest BCUT2D eigenvalue weighted by Crippen LogP contribution is 2.24. The van der Waals surface area contributed by atoms with Gasteiger partial charge in [-0.1, -0.05) is 11.6 Å². The quantitative estimate of drug-likeness (QED) is 0.820. The summed E-state index contributed by atoms with van der Waals surface area (Å²) in [6.07, 6.45) is 1.46. The summed E-state index contributed by atoms with van der Waals surface area (Å²) in [4.78, 5) is 26.8. The number of carboxylic acids is 1. The van der Waals surface area contributed by atoms with Crippen molar-refractivity contribution < 1.29 is 14.7 Å². The lowest BCUT2D eigenvalue weighted by molar-refractivity contribution is 0.0703. The molecule has 98 valence electrons. The van der Waals surface area contributed by atoms with Crippen LogP contribution < -0.4 is 5.32 Å². The molecule has 0 aliphatic rings. The molecule has 2 rings (SSSR count). The second-order valence-electron chi connectivity index (χ2n) is 3.41. The fourth-order valence-electron chi connectivity index (χ4n) is 1.34. The van der Waals surface area contributed by atoms with Gasteiger partial charge >= 0.3 is 5.97 Å². The molecule has 1 amide bonds. The lowest BCUT2D eigenvalue weighted by atomic mass is 10.2. The number of aromatic carboxylic acids is 1. The zero-order valence-electron chi connectivity index (χ0n) is 9.18. The van der Waals surface area contributed by atoms with Crippen molar-refractivity contribution in [3.8, 4) is 0 Å². The van der Waals surface area contributed by atoms with Gasteiger partial charge in [-0.25, -0.2) is 9.78 Å². The molecule has 0 fully saturated rings. The van der Waals surface area contributed by atoms with Gasteiger partial charge < -0.3 is 10.4 Å². The van der Waals surface area contributed by atoms with E-state index in [-0.39, 0.29) is 21.3 Å². The number of carboxylic acid groups (broad SMARTS) is 1. The molecule has 0 atom stereocenters. The van der Waals surface area contributed by atoms with Crippen LogP contribution in [0.25, 0.3) is 0 Å². The predicted molar refractivity (Wildman–Crippen MR) is 76.2 cm³/mol. The fraction of sp³-hybridized carbons (Fsp3) is 0. The number of carbonyl (C=O) groups excluding carboxylic acids is 1. The van der Waals surface area contributed by atoms with E-state index >= 15 is 0 Å². The standard InChI is InChI=1S/C11H6BrClN2O3S/c12-5-3-6(9(13)14-4-5)10(16)15-7-1-2-19-8(7)11(17)18/h1-4H,(H,15,16)(H,17,18). The Morgan fingerprint density at radius 1 is 1.47 bits per heavy atom. The molecule has 0 aromatic carbocycles. The van der Waals surface area contributed by atoms with Gasteiger partial charge in [-0.3, -0.25) is 4.79 Å². The van der Waals surface area contributed by atoms with E-state index in [2.05, 4.69) is 26.2 Å². The number of halogens is 2. The SMILES string of the molecule is O=C(Nc1ccsc1C(=O)O)c1cc(Br)cnc1Cl. The summed E-state index contributed by atoms with van der Waals surface area (Å²) in [6.45, 7) is 0. The number of hydrogen-bond acceptors (Lipinski definition) is 4. The number of nitrogens with zero attached hydrogens (tertiary/aromatic N) is 1. The topological polar surface area (TPSA) is 79.3 Å². The van der Waals surface area contributed by atoms with Crippen LogP contribution in [0.5, 0.6) is 0 Å². The van der Waals surface area contributed by atoms with Gasteiger partial charge in [0.25, 0.3) is 5.91 Å². The Kier molecular flexibility index (Phi) is 4.18. The van der Waals surface area contributed by atoms with Gasteiger partial charge in [0.05, 0.1) is 11.3 Å². The Morgan fingerprint density at radius 2 is 2.21 bits per heavy atom. The fourth-order valence-corrected chi connectivity index (χ4v) is 2.55. The van der Waals surface area contributed by atoms with Crippen LogP contribution in [0.2, 0.25) is 5.15 Å². The molecule has 2 aromatic rings. The first-order valence-electron chi connectivity index (χ1n) is 4.92. The molecule has 0 radical (unpaired) electrons. The summed E-state index contributed by atoms with van der Waals surface area (Å²) < 4.78 is 0.603. The lowest BCUT2D eigenvalue weighted by Crippen LogP contribution is -2.14. The normalized spacial score (nSPS) is 10.2. The molecule has 0 aliphatic heterocycles. The van der Waals surface area contributed by atoms with Crippen LogP contribution in [0.15, 0.2) is 28.2 Å². The van der Waals surface area contributed by atoms with Crippen molar-refractivity contribution in [2.24, 2.45) is 0 Å². The zero-order chi connectivity index (χ0) is 14.0. The highest BCUT2D eigenvalue weighted by atomic mass is 79.9. The van der Waals surface area contributed by atoms with Crippen LogP contribution in [0.4, 0.5) is 5.69 Å². The Balaban J connectivity index is 2.28. The number of amides is 1. The Labute approximate surface area is 125 Å². The number of hydrogen-bond donors (Lipinski definition) is 2. The molecule has 19 heavy (non-hydrogen) atoms. The first kappa shape index (κ1) is 14.0. The number of anilines is 1. The third-order valence-corrected chi connectivity index (χ3v) is 3.80. The van der Waals surface area contributed by atoms with E-state index in [4.69, 9.17) is 16.7 Å². The monoisotopic (exact) mass is 360 g/mol. The summed E-state index contributed by atoms with van der Waals surface area (Å²) in [5.74, 6) is -1.61. The highest BCUT2D eigenvalue weighted by Gasteiger charge is 2.17. The zero-order valence-corrected chi connectivity index (χ0v) is 12.3. The molecule has 0 aliphatic carbocycles. The van der Waals surface area contributed by atoms with Crippen LogP contribution in [0.1, 0.15) is 20.0 Å². The summed E-state index contributed by atoms with van der Waals surface area (Å²) in [6, 6.07) is 3.03. The van der Waals surface area contributed by atoms with Crippen LogP contribution in [-0.4, -0.2) is 22.0 Å². The average Bonchev–Trinajstić information content (AvgIpc) is 2.80. The van der Waals surface area contributed by atoms with Gasteiger partial charge in [0.2, 0.25) is 0 Å². The molecule has 5 nitrogen and oxygen atoms in total. The molecule has 2 N–H and O–H groups in total. The third kappa shape index (κ3) is 3.12. The van der Waals surface area contributed by atoms with E-state index in [0.717, 1.165) is 11.3 Å². The maximum atomic E-state index is 12.0. The predicted octanol–water partition coefficient (Wildman–Crippen LogP) is 3.51. The highest BCUT2D eigenvalue weighted by molar-refractivity contribution is 9.10. The molecular formula is C11H6BrClN2O3S. The molecule has 0 bridgehead atoms.